The van der Waals surface area contributed by atoms with Crippen molar-refractivity contribution in [2.45, 2.75) is 25.8 Å². The molecule has 3 N–H and O–H groups in total. The molecule has 0 aliphatic carbocycles. The molecule has 0 saturated carbocycles. The number of amides is 2. The molecule has 6 nitrogen and oxygen atoms in total. The SMILES string of the molecule is CC(NC(=O)C1CNC1)C(=O)Nc1cccc(N2CCCC2)c1.Cl. The first kappa shape index (κ1) is 18.5. The molecular weight excluding hydrogens is 328 g/mol. The lowest BCUT2D eigenvalue weighted by molar-refractivity contribution is -0.130. The highest BCUT2D eigenvalue weighted by atomic mass is 35.5. The largest absolute Gasteiger partial charge is 0.371 e. The maximum atomic E-state index is 12.3. The van der Waals surface area contributed by atoms with Crippen LogP contribution in [0.1, 0.15) is 19.8 Å². The van der Waals surface area contributed by atoms with Crippen molar-refractivity contribution in [3.05, 3.63) is 24.3 Å². The van der Waals surface area contributed by atoms with E-state index in [1.807, 2.05) is 18.2 Å². The number of anilines is 2. The van der Waals surface area contributed by atoms with Gasteiger partial charge in [0.05, 0.1) is 5.92 Å². The van der Waals surface area contributed by atoms with Gasteiger partial charge >= 0.3 is 0 Å². The maximum Gasteiger partial charge on any atom is 0.246 e. The fourth-order valence-corrected chi connectivity index (χ4v) is 2.88. The van der Waals surface area contributed by atoms with Gasteiger partial charge in [-0.1, -0.05) is 6.07 Å². The van der Waals surface area contributed by atoms with Gasteiger partial charge in [-0.3, -0.25) is 9.59 Å². The second-order valence-electron chi connectivity index (χ2n) is 6.32. The molecule has 2 aliphatic rings. The molecule has 2 heterocycles. The van der Waals surface area contributed by atoms with E-state index in [4.69, 9.17) is 0 Å². The third-order valence-electron chi connectivity index (χ3n) is 4.49. The summed E-state index contributed by atoms with van der Waals surface area (Å²) in [6.45, 7) is 5.23. The van der Waals surface area contributed by atoms with Crippen LogP contribution in [-0.4, -0.2) is 44.0 Å². The van der Waals surface area contributed by atoms with Crippen molar-refractivity contribution in [3.63, 3.8) is 0 Å². The number of nitrogens with zero attached hydrogens (tertiary/aromatic N) is 1. The van der Waals surface area contributed by atoms with Crippen molar-refractivity contribution < 1.29 is 9.59 Å². The van der Waals surface area contributed by atoms with Crippen molar-refractivity contribution in [1.29, 1.82) is 0 Å². The van der Waals surface area contributed by atoms with E-state index < -0.39 is 6.04 Å². The molecule has 2 amide bonds. The zero-order valence-corrected chi connectivity index (χ0v) is 14.7. The highest BCUT2D eigenvalue weighted by Crippen LogP contribution is 2.23. The van der Waals surface area contributed by atoms with Crippen LogP contribution in [0.4, 0.5) is 11.4 Å². The Labute approximate surface area is 148 Å². The lowest BCUT2D eigenvalue weighted by Crippen LogP contribution is -2.54. The lowest BCUT2D eigenvalue weighted by atomic mass is 10.0. The van der Waals surface area contributed by atoms with Crippen LogP contribution < -0.4 is 20.9 Å². The van der Waals surface area contributed by atoms with E-state index in [-0.39, 0.29) is 30.1 Å². The lowest BCUT2D eigenvalue weighted by Gasteiger charge is -2.27. The quantitative estimate of drug-likeness (QED) is 0.748. The second-order valence-corrected chi connectivity index (χ2v) is 6.32. The number of rotatable bonds is 5. The van der Waals surface area contributed by atoms with Gasteiger partial charge in [0.25, 0.3) is 0 Å². The monoisotopic (exact) mass is 352 g/mol. The van der Waals surface area contributed by atoms with Gasteiger partial charge in [0, 0.05) is 37.6 Å². The van der Waals surface area contributed by atoms with E-state index in [2.05, 4.69) is 26.9 Å². The predicted molar refractivity (Wildman–Crippen MR) is 97.7 cm³/mol. The summed E-state index contributed by atoms with van der Waals surface area (Å²) in [5, 5.41) is 8.71. The Bertz CT molecular complexity index is 586. The summed E-state index contributed by atoms with van der Waals surface area (Å²) in [5.74, 6) is -0.259. The molecule has 24 heavy (non-hydrogen) atoms. The summed E-state index contributed by atoms with van der Waals surface area (Å²) < 4.78 is 0. The molecule has 2 saturated heterocycles. The van der Waals surface area contributed by atoms with Crippen molar-refractivity contribution in [2.75, 3.05) is 36.4 Å². The van der Waals surface area contributed by atoms with E-state index in [1.165, 1.54) is 12.8 Å². The number of benzene rings is 1. The van der Waals surface area contributed by atoms with Crippen LogP contribution in [0.2, 0.25) is 0 Å². The first-order valence-corrected chi connectivity index (χ1v) is 8.30. The highest BCUT2D eigenvalue weighted by molar-refractivity contribution is 5.97. The summed E-state index contributed by atoms with van der Waals surface area (Å²) in [6, 6.07) is 7.34. The van der Waals surface area contributed by atoms with Crippen LogP contribution in [0, 0.1) is 5.92 Å². The normalized spacial score (nSPS) is 18.3. The maximum absolute atomic E-state index is 12.3. The Kier molecular flexibility index (Phi) is 6.45. The average Bonchev–Trinajstić information content (AvgIpc) is 2.99. The van der Waals surface area contributed by atoms with Crippen LogP contribution in [0.15, 0.2) is 24.3 Å². The van der Waals surface area contributed by atoms with Gasteiger partial charge in [0.1, 0.15) is 6.04 Å². The van der Waals surface area contributed by atoms with E-state index in [0.717, 1.165) is 24.5 Å². The van der Waals surface area contributed by atoms with E-state index in [9.17, 15) is 9.59 Å². The predicted octanol–water partition coefficient (Wildman–Crippen LogP) is 1.37. The molecule has 0 bridgehead atoms. The zero-order valence-electron chi connectivity index (χ0n) is 13.9. The number of nitrogens with one attached hydrogen (secondary N) is 3. The van der Waals surface area contributed by atoms with E-state index >= 15 is 0 Å². The van der Waals surface area contributed by atoms with Gasteiger partial charge in [0.2, 0.25) is 11.8 Å². The standard InChI is InChI=1S/C17H24N4O2.ClH/c1-12(19-17(23)13-10-18-11-13)16(22)20-14-5-4-6-15(9-14)21-7-2-3-8-21;/h4-6,9,12-13,18H,2-3,7-8,10-11H2,1H3,(H,19,23)(H,20,22);1H. The highest BCUT2D eigenvalue weighted by Gasteiger charge is 2.27. The molecule has 0 aromatic heterocycles. The molecule has 7 heteroatoms. The van der Waals surface area contributed by atoms with Gasteiger partial charge < -0.3 is 20.9 Å². The third kappa shape index (κ3) is 4.39. The fraction of sp³-hybridized carbons (Fsp3) is 0.529. The van der Waals surface area contributed by atoms with Gasteiger partial charge in [-0.05, 0) is 38.0 Å². The summed E-state index contributed by atoms with van der Waals surface area (Å²) in [4.78, 5) is 26.5. The molecule has 0 radical (unpaired) electrons. The summed E-state index contributed by atoms with van der Waals surface area (Å²) in [7, 11) is 0. The Morgan fingerprint density at radius 3 is 2.58 bits per heavy atom. The molecule has 2 fully saturated rings. The molecule has 2 aliphatic heterocycles. The molecule has 1 aromatic carbocycles. The van der Waals surface area contributed by atoms with Crippen LogP contribution >= 0.6 is 12.4 Å². The summed E-state index contributed by atoms with van der Waals surface area (Å²) in [6.07, 6.45) is 2.44. The summed E-state index contributed by atoms with van der Waals surface area (Å²) >= 11 is 0. The molecule has 1 atom stereocenters. The minimum atomic E-state index is -0.543. The number of carbonyl (C=O) groups is 2. The smallest absolute Gasteiger partial charge is 0.246 e. The molecule has 3 rings (SSSR count). The Hall–Kier alpha value is -1.79. The Balaban J connectivity index is 0.00000208. The van der Waals surface area contributed by atoms with Crippen LogP contribution in [-0.2, 0) is 9.59 Å². The minimum Gasteiger partial charge on any atom is -0.371 e. The average molecular weight is 353 g/mol. The van der Waals surface area contributed by atoms with Gasteiger partial charge in [0.15, 0.2) is 0 Å². The van der Waals surface area contributed by atoms with Crippen LogP contribution in [0.5, 0.6) is 0 Å². The third-order valence-corrected chi connectivity index (χ3v) is 4.49. The second kappa shape index (κ2) is 8.35. The van der Waals surface area contributed by atoms with Crippen molar-refractivity contribution in [1.82, 2.24) is 10.6 Å². The molecule has 1 unspecified atom stereocenters. The number of hydrogen-bond donors (Lipinski definition) is 3. The number of hydrogen-bond acceptors (Lipinski definition) is 4. The van der Waals surface area contributed by atoms with Crippen LogP contribution in [0.3, 0.4) is 0 Å². The van der Waals surface area contributed by atoms with Crippen LogP contribution in [0.25, 0.3) is 0 Å². The number of halogens is 1. The molecular formula is C17H25ClN4O2. The van der Waals surface area contributed by atoms with Gasteiger partial charge in [-0.2, -0.15) is 0 Å². The zero-order chi connectivity index (χ0) is 16.2. The van der Waals surface area contributed by atoms with Gasteiger partial charge in [-0.15, -0.1) is 12.4 Å². The first-order chi connectivity index (χ1) is 11.1. The topological polar surface area (TPSA) is 73.5 Å². The van der Waals surface area contributed by atoms with Crippen molar-refractivity contribution >= 4 is 35.6 Å². The molecule has 132 valence electrons. The first-order valence-electron chi connectivity index (χ1n) is 8.30. The van der Waals surface area contributed by atoms with Crippen molar-refractivity contribution in [2.24, 2.45) is 5.92 Å². The minimum absolute atomic E-state index is 0. The number of carbonyl (C=O) groups excluding carboxylic acids is 2. The Morgan fingerprint density at radius 2 is 1.96 bits per heavy atom. The molecule has 0 spiro atoms. The summed E-state index contributed by atoms with van der Waals surface area (Å²) in [5.41, 5.74) is 1.91. The Morgan fingerprint density at radius 1 is 1.25 bits per heavy atom. The van der Waals surface area contributed by atoms with E-state index in [1.54, 1.807) is 6.92 Å². The molecule has 1 aromatic rings. The van der Waals surface area contributed by atoms with Gasteiger partial charge in [-0.25, -0.2) is 0 Å². The van der Waals surface area contributed by atoms with E-state index in [0.29, 0.717) is 13.1 Å². The van der Waals surface area contributed by atoms with Crippen molar-refractivity contribution in [3.8, 4) is 0 Å². The fourth-order valence-electron chi connectivity index (χ4n) is 2.88.